The lowest BCUT2D eigenvalue weighted by Crippen LogP contribution is -2.17. The van der Waals surface area contributed by atoms with E-state index in [4.69, 9.17) is 0 Å². The Hall–Kier alpha value is -1.31. The third kappa shape index (κ3) is 2.05. The number of halogens is 1. The molecule has 0 N–H and O–H groups in total. The van der Waals surface area contributed by atoms with Crippen molar-refractivity contribution in [2.45, 2.75) is 45.1 Å². The smallest absolute Gasteiger partial charge is 0.123 e. The van der Waals surface area contributed by atoms with Crippen molar-refractivity contribution in [3.05, 3.63) is 36.3 Å². The van der Waals surface area contributed by atoms with Crippen LogP contribution < -0.4 is 0 Å². The van der Waals surface area contributed by atoms with E-state index in [1.807, 2.05) is 12.1 Å². The van der Waals surface area contributed by atoms with Crippen LogP contribution in [0.5, 0.6) is 0 Å². The molecule has 0 radical (unpaired) electrons. The van der Waals surface area contributed by atoms with Crippen molar-refractivity contribution >= 4 is 10.9 Å². The van der Waals surface area contributed by atoms with Gasteiger partial charge in [-0.15, -0.1) is 0 Å². The maximum Gasteiger partial charge on any atom is 0.123 e. The predicted molar refractivity (Wildman–Crippen MR) is 73.2 cm³/mol. The van der Waals surface area contributed by atoms with Crippen molar-refractivity contribution < 1.29 is 4.39 Å². The summed E-state index contributed by atoms with van der Waals surface area (Å²) >= 11 is 0. The number of nitrogens with zero attached hydrogens (tertiary/aromatic N) is 1. The number of aromatic nitrogens is 1. The molecule has 0 saturated heterocycles. The van der Waals surface area contributed by atoms with E-state index in [0.717, 1.165) is 11.3 Å². The molecule has 1 heterocycles. The second-order valence-corrected chi connectivity index (χ2v) is 5.51. The molecule has 0 unspecified atom stereocenters. The number of fused-ring (bicyclic) bond motifs is 1. The van der Waals surface area contributed by atoms with Crippen LogP contribution in [0.2, 0.25) is 0 Å². The van der Waals surface area contributed by atoms with Gasteiger partial charge in [0.2, 0.25) is 0 Å². The van der Waals surface area contributed by atoms with E-state index in [9.17, 15) is 4.39 Å². The topological polar surface area (TPSA) is 4.93 Å². The van der Waals surface area contributed by atoms with Gasteiger partial charge in [0.25, 0.3) is 0 Å². The van der Waals surface area contributed by atoms with Crippen LogP contribution in [0.4, 0.5) is 4.39 Å². The Morgan fingerprint density at radius 3 is 2.67 bits per heavy atom. The Morgan fingerprint density at radius 2 is 1.94 bits per heavy atom. The van der Waals surface area contributed by atoms with Crippen molar-refractivity contribution in [1.29, 1.82) is 0 Å². The Bertz CT molecular complexity index is 535. The molecule has 0 atom stereocenters. The first-order chi connectivity index (χ1) is 8.78. The first kappa shape index (κ1) is 11.8. The van der Waals surface area contributed by atoms with E-state index in [2.05, 4.69) is 17.7 Å². The molecule has 1 fully saturated rings. The average Bonchev–Trinajstić information content (AvgIpc) is 2.81. The van der Waals surface area contributed by atoms with Crippen molar-refractivity contribution in [2.24, 2.45) is 5.92 Å². The molecule has 0 amide bonds. The van der Waals surface area contributed by atoms with Crippen LogP contribution in [0.3, 0.4) is 0 Å². The standard InChI is InChI=1S/C16H20FN/c1-2-12-3-6-15(7-4-12)18-10-9-13-11-14(17)5-8-16(13)18/h5,8-12,15H,2-4,6-7H2,1H3. The molecule has 1 nitrogen and oxygen atoms in total. The summed E-state index contributed by atoms with van der Waals surface area (Å²) in [7, 11) is 0. The minimum Gasteiger partial charge on any atom is -0.344 e. The van der Waals surface area contributed by atoms with E-state index in [1.165, 1.54) is 37.6 Å². The van der Waals surface area contributed by atoms with Gasteiger partial charge in [-0.05, 0) is 55.9 Å². The van der Waals surface area contributed by atoms with Crippen LogP contribution in [0.1, 0.15) is 45.1 Å². The summed E-state index contributed by atoms with van der Waals surface area (Å²) in [5, 5.41) is 1.02. The number of hydrogen-bond donors (Lipinski definition) is 0. The fraction of sp³-hybridized carbons (Fsp3) is 0.500. The molecule has 18 heavy (non-hydrogen) atoms. The highest BCUT2D eigenvalue weighted by molar-refractivity contribution is 5.80. The van der Waals surface area contributed by atoms with Gasteiger partial charge in [-0.2, -0.15) is 0 Å². The summed E-state index contributed by atoms with van der Waals surface area (Å²) in [6, 6.07) is 7.75. The van der Waals surface area contributed by atoms with Crippen LogP contribution in [0.15, 0.2) is 30.5 Å². The van der Waals surface area contributed by atoms with Gasteiger partial charge in [0.15, 0.2) is 0 Å². The van der Waals surface area contributed by atoms with E-state index in [0.29, 0.717) is 6.04 Å². The van der Waals surface area contributed by atoms with Gasteiger partial charge in [0.05, 0.1) is 0 Å². The van der Waals surface area contributed by atoms with Crippen molar-refractivity contribution in [3.63, 3.8) is 0 Å². The molecular weight excluding hydrogens is 225 g/mol. The van der Waals surface area contributed by atoms with Gasteiger partial charge < -0.3 is 4.57 Å². The van der Waals surface area contributed by atoms with E-state index in [1.54, 1.807) is 12.1 Å². The first-order valence-corrected chi connectivity index (χ1v) is 7.04. The van der Waals surface area contributed by atoms with Crippen LogP contribution in [0, 0.1) is 11.7 Å². The second kappa shape index (κ2) is 4.75. The van der Waals surface area contributed by atoms with Crippen molar-refractivity contribution in [2.75, 3.05) is 0 Å². The average molecular weight is 245 g/mol. The number of benzene rings is 1. The molecule has 96 valence electrons. The van der Waals surface area contributed by atoms with Crippen LogP contribution in [-0.2, 0) is 0 Å². The monoisotopic (exact) mass is 245 g/mol. The summed E-state index contributed by atoms with van der Waals surface area (Å²) in [6.07, 6.45) is 8.63. The zero-order valence-electron chi connectivity index (χ0n) is 10.9. The zero-order chi connectivity index (χ0) is 12.5. The van der Waals surface area contributed by atoms with Gasteiger partial charge in [0.1, 0.15) is 5.82 Å². The molecule has 0 bridgehead atoms. The molecule has 1 aliphatic rings. The molecule has 0 aliphatic heterocycles. The summed E-state index contributed by atoms with van der Waals surface area (Å²) in [5.41, 5.74) is 1.18. The molecule has 0 spiro atoms. The third-order valence-corrected chi connectivity index (χ3v) is 4.47. The summed E-state index contributed by atoms with van der Waals surface area (Å²) in [5.74, 6) is 0.774. The van der Waals surface area contributed by atoms with Gasteiger partial charge in [-0.3, -0.25) is 0 Å². The van der Waals surface area contributed by atoms with Gasteiger partial charge in [-0.1, -0.05) is 13.3 Å². The number of rotatable bonds is 2. The van der Waals surface area contributed by atoms with E-state index >= 15 is 0 Å². The molecule has 3 rings (SSSR count). The highest BCUT2D eigenvalue weighted by Gasteiger charge is 2.21. The molecule has 2 aromatic rings. The fourth-order valence-electron chi connectivity index (χ4n) is 3.28. The van der Waals surface area contributed by atoms with Crippen LogP contribution >= 0.6 is 0 Å². The zero-order valence-corrected chi connectivity index (χ0v) is 10.9. The fourth-order valence-corrected chi connectivity index (χ4v) is 3.28. The second-order valence-electron chi connectivity index (χ2n) is 5.51. The SMILES string of the molecule is CCC1CCC(n2ccc3cc(F)ccc32)CC1. The quantitative estimate of drug-likeness (QED) is 0.707. The summed E-state index contributed by atoms with van der Waals surface area (Å²) in [4.78, 5) is 0. The largest absolute Gasteiger partial charge is 0.344 e. The molecule has 1 aliphatic carbocycles. The Kier molecular flexibility index (Phi) is 3.11. The summed E-state index contributed by atoms with van der Waals surface area (Å²) in [6.45, 7) is 2.29. The molecule has 1 aromatic heterocycles. The molecule has 1 saturated carbocycles. The summed E-state index contributed by atoms with van der Waals surface area (Å²) < 4.78 is 15.5. The minimum atomic E-state index is -0.144. The van der Waals surface area contributed by atoms with Gasteiger partial charge in [0, 0.05) is 23.1 Å². The lowest BCUT2D eigenvalue weighted by atomic mass is 9.84. The molecular formula is C16H20FN. The first-order valence-electron chi connectivity index (χ1n) is 7.04. The highest BCUT2D eigenvalue weighted by atomic mass is 19.1. The minimum absolute atomic E-state index is 0.144. The van der Waals surface area contributed by atoms with Gasteiger partial charge in [-0.25, -0.2) is 4.39 Å². The lowest BCUT2D eigenvalue weighted by Gasteiger charge is -2.29. The van der Waals surface area contributed by atoms with Gasteiger partial charge >= 0.3 is 0 Å². The van der Waals surface area contributed by atoms with E-state index < -0.39 is 0 Å². The maximum absolute atomic E-state index is 13.2. The number of hydrogen-bond acceptors (Lipinski definition) is 0. The van der Waals surface area contributed by atoms with E-state index in [-0.39, 0.29) is 5.82 Å². The normalized spacial score (nSPS) is 24.6. The van der Waals surface area contributed by atoms with Crippen molar-refractivity contribution in [1.82, 2.24) is 4.57 Å². The molecule has 1 aromatic carbocycles. The maximum atomic E-state index is 13.2. The van der Waals surface area contributed by atoms with Crippen LogP contribution in [-0.4, -0.2) is 4.57 Å². The Labute approximate surface area is 108 Å². The Balaban J connectivity index is 1.87. The highest BCUT2D eigenvalue weighted by Crippen LogP contribution is 2.35. The van der Waals surface area contributed by atoms with Crippen molar-refractivity contribution in [3.8, 4) is 0 Å². The lowest BCUT2D eigenvalue weighted by molar-refractivity contribution is 0.273. The molecule has 2 heteroatoms. The Morgan fingerprint density at radius 1 is 1.17 bits per heavy atom. The third-order valence-electron chi connectivity index (χ3n) is 4.47. The predicted octanol–water partition coefficient (Wildman–Crippen LogP) is 4.92. The van der Waals surface area contributed by atoms with Crippen LogP contribution in [0.25, 0.3) is 10.9 Å².